The van der Waals surface area contributed by atoms with Crippen molar-refractivity contribution in [2.24, 2.45) is 0 Å². The summed E-state index contributed by atoms with van der Waals surface area (Å²) in [6.45, 7) is 10.5. The number of hydrogen-bond acceptors (Lipinski definition) is 4. The summed E-state index contributed by atoms with van der Waals surface area (Å²) >= 11 is 0. The van der Waals surface area contributed by atoms with E-state index in [1.54, 1.807) is 14.0 Å². The van der Waals surface area contributed by atoms with Gasteiger partial charge in [-0.15, -0.1) is 0 Å². The largest absolute Gasteiger partial charge is 0.480 e. The molecule has 0 aromatic rings. The molecule has 0 heterocycles. The van der Waals surface area contributed by atoms with Crippen molar-refractivity contribution in [1.29, 1.82) is 0 Å². The van der Waals surface area contributed by atoms with Crippen LogP contribution in [0.4, 0.5) is 0 Å². The molecule has 5 nitrogen and oxygen atoms in total. The molecular weight excluding hydrogens is 244 g/mol. The van der Waals surface area contributed by atoms with Gasteiger partial charge in [0.05, 0.1) is 6.61 Å². The van der Waals surface area contributed by atoms with Gasteiger partial charge in [-0.3, -0.25) is 9.69 Å². The first-order valence-corrected chi connectivity index (χ1v) is 7.16. The van der Waals surface area contributed by atoms with Crippen LogP contribution in [0.3, 0.4) is 0 Å². The van der Waals surface area contributed by atoms with Crippen LogP contribution in [0.1, 0.15) is 40.5 Å². The SMILES string of the molecule is CCNC(C)(CN(CCOC)C(CC)CC)C(=O)O. The molecule has 1 atom stereocenters. The fraction of sp³-hybridized carbons (Fsp3) is 0.929. The van der Waals surface area contributed by atoms with Crippen molar-refractivity contribution >= 4 is 5.97 Å². The van der Waals surface area contributed by atoms with E-state index in [1.165, 1.54) is 0 Å². The Hall–Kier alpha value is -0.650. The van der Waals surface area contributed by atoms with E-state index in [0.29, 0.717) is 25.7 Å². The molecule has 0 saturated heterocycles. The quantitative estimate of drug-likeness (QED) is 0.599. The minimum Gasteiger partial charge on any atom is -0.480 e. The van der Waals surface area contributed by atoms with Crippen LogP contribution in [0.15, 0.2) is 0 Å². The van der Waals surface area contributed by atoms with Gasteiger partial charge in [0.1, 0.15) is 5.54 Å². The van der Waals surface area contributed by atoms with Crippen molar-refractivity contribution in [1.82, 2.24) is 10.2 Å². The van der Waals surface area contributed by atoms with Crippen LogP contribution in [-0.4, -0.2) is 60.9 Å². The lowest BCUT2D eigenvalue weighted by Gasteiger charge is -2.37. The van der Waals surface area contributed by atoms with Gasteiger partial charge in [-0.1, -0.05) is 20.8 Å². The Morgan fingerprint density at radius 1 is 1.37 bits per heavy atom. The van der Waals surface area contributed by atoms with Crippen LogP contribution >= 0.6 is 0 Å². The predicted molar refractivity (Wildman–Crippen MR) is 77.5 cm³/mol. The topological polar surface area (TPSA) is 61.8 Å². The van der Waals surface area contributed by atoms with E-state index in [9.17, 15) is 9.90 Å². The van der Waals surface area contributed by atoms with Crippen molar-refractivity contribution in [3.05, 3.63) is 0 Å². The van der Waals surface area contributed by atoms with Gasteiger partial charge >= 0.3 is 5.97 Å². The monoisotopic (exact) mass is 274 g/mol. The number of carboxylic acid groups (broad SMARTS) is 1. The fourth-order valence-electron chi connectivity index (χ4n) is 2.40. The summed E-state index contributed by atoms with van der Waals surface area (Å²) in [4.78, 5) is 13.7. The summed E-state index contributed by atoms with van der Waals surface area (Å²) in [5.74, 6) is -0.803. The van der Waals surface area contributed by atoms with Crippen molar-refractivity contribution < 1.29 is 14.6 Å². The molecule has 5 heteroatoms. The highest BCUT2D eigenvalue weighted by Crippen LogP contribution is 2.14. The number of aliphatic carboxylic acids is 1. The molecule has 0 aliphatic heterocycles. The molecule has 0 amide bonds. The molecule has 0 aliphatic rings. The number of rotatable bonds is 11. The van der Waals surface area contributed by atoms with Crippen LogP contribution in [-0.2, 0) is 9.53 Å². The lowest BCUT2D eigenvalue weighted by atomic mass is 9.99. The molecule has 2 N–H and O–H groups in total. The lowest BCUT2D eigenvalue weighted by Crippen LogP contribution is -2.58. The molecule has 0 aromatic heterocycles. The first-order chi connectivity index (χ1) is 8.95. The van der Waals surface area contributed by atoms with Crippen LogP contribution in [0.25, 0.3) is 0 Å². The normalized spacial score (nSPS) is 14.9. The highest BCUT2D eigenvalue weighted by Gasteiger charge is 2.35. The maximum atomic E-state index is 11.5. The van der Waals surface area contributed by atoms with E-state index < -0.39 is 11.5 Å². The Kier molecular flexibility index (Phi) is 8.97. The van der Waals surface area contributed by atoms with Gasteiger partial charge in [-0.25, -0.2) is 0 Å². The molecule has 0 aromatic carbocycles. The third-order valence-electron chi connectivity index (χ3n) is 3.60. The minimum atomic E-state index is -0.912. The molecule has 1 unspecified atom stereocenters. The molecular formula is C14H30N2O3. The summed E-state index contributed by atoms with van der Waals surface area (Å²) in [6, 6.07) is 0.396. The number of likely N-dealkylation sites (N-methyl/N-ethyl adjacent to an activating group) is 1. The van der Waals surface area contributed by atoms with Crippen molar-refractivity contribution in [2.45, 2.75) is 52.1 Å². The molecule has 0 fully saturated rings. The number of carboxylic acids is 1. The number of methoxy groups -OCH3 is 1. The molecule has 19 heavy (non-hydrogen) atoms. The summed E-state index contributed by atoms with van der Waals surface area (Å²) in [5, 5.41) is 12.5. The average molecular weight is 274 g/mol. The third-order valence-corrected chi connectivity index (χ3v) is 3.60. The van der Waals surface area contributed by atoms with Gasteiger partial charge in [0.2, 0.25) is 0 Å². The zero-order chi connectivity index (χ0) is 14.9. The van der Waals surface area contributed by atoms with Gasteiger partial charge in [-0.05, 0) is 26.3 Å². The maximum absolute atomic E-state index is 11.5. The molecule has 0 aliphatic carbocycles. The summed E-state index contributed by atoms with van der Waals surface area (Å²) in [6.07, 6.45) is 2.03. The smallest absolute Gasteiger partial charge is 0.324 e. The molecule has 114 valence electrons. The number of nitrogens with zero attached hydrogens (tertiary/aromatic N) is 1. The second kappa shape index (κ2) is 9.28. The fourth-order valence-corrected chi connectivity index (χ4v) is 2.40. The van der Waals surface area contributed by atoms with Gasteiger partial charge in [0.15, 0.2) is 0 Å². The summed E-state index contributed by atoms with van der Waals surface area (Å²) in [7, 11) is 1.67. The van der Waals surface area contributed by atoms with Crippen LogP contribution < -0.4 is 5.32 Å². The Morgan fingerprint density at radius 2 is 1.95 bits per heavy atom. The Balaban J connectivity index is 4.88. The van der Waals surface area contributed by atoms with Crippen molar-refractivity contribution in [3.63, 3.8) is 0 Å². The molecule has 0 radical (unpaired) electrons. The van der Waals surface area contributed by atoms with E-state index in [4.69, 9.17) is 4.74 Å². The Bertz CT molecular complexity index is 257. The predicted octanol–water partition coefficient (Wildman–Crippen LogP) is 1.58. The van der Waals surface area contributed by atoms with Crippen LogP contribution in [0.2, 0.25) is 0 Å². The number of nitrogens with one attached hydrogen (secondary N) is 1. The van der Waals surface area contributed by atoms with E-state index >= 15 is 0 Å². The first-order valence-electron chi connectivity index (χ1n) is 7.16. The van der Waals surface area contributed by atoms with E-state index in [1.807, 2.05) is 6.92 Å². The Labute approximate surface area is 117 Å². The molecule has 0 bridgehead atoms. The summed E-state index contributed by atoms with van der Waals surface area (Å²) in [5.41, 5.74) is -0.912. The Morgan fingerprint density at radius 3 is 2.32 bits per heavy atom. The number of hydrogen-bond donors (Lipinski definition) is 2. The minimum absolute atomic E-state index is 0.396. The zero-order valence-electron chi connectivity index (χ0n) is 13.0. The molecule has 0 rings (SSSR count). The molecule has 0 saturated carbocycles. The number of ether oxygens (including phenoxy) is 1. The zero-order valence-corrected chi connectivity index (χ0v) is 13.0. The van der Waals surface area contributed by atoms with Crippen molar-refractivity contribution in [3.8, 4) is 0 Å². The second-order valence-corrected chi connectivity index (χ2v) is 5.10. The maximum Gasteiger partial charge on any atom is 0.324 e. The van der Waals surface area contributed by atoms with Crippen molar-refractivity contribution in [2.75, 3.05) is 33.4 Å². The van der Waals surface area contributed by atoms with E-state index in [0.717, 1.165) is 19.4 Å². The molecule has 0 spiro atoms. The third kappa shape index (κ3) is 5.89. The first kappa shape index (κ1) is 18.4. The highest BCUT2D eigenvalue weighted by atomic mass is 16.5. The van der Waals surface area contributed by atoms with Gasteiger partial charge in [0.25, 0.3) is 0 Å². The standard InChI is InChI=1S/C14H30N2O3/c1-6-12(7-2)16(9-10-19-5)11-14(4,13(17)18)15-8-3/h12,15H,6-11H2,1-5H3,(H,17,18). The highest BCUT2D eigenvalue weighted by molar-refractivity contribution is 5.78. The average Bonchev–Trinajstić information content (AvgIpc) is 2.37. The van der Waals surface area contributed by atoms with E-state index in [-0.39, 0.29) is 0 Å². The van der Waals surface area contributed by atoms with Gasteiger partial charge in [0, 0.05) is 26.2 Å². The van der Waals surface area contributed by atoms with Crippen LogP contribution in [0, 0.1) is 0 Å². The summed E-state index contributed by atoms with van der Waals surface area (Å²) < 4.78 is 5.14. The number of carbonyl (C=O) groups is 1. The van der Waals surface area contributed by atoms with E-state index in [2.05, 4.69) is 24.1 Å². The van der Waals surface area contributed by atoms with Gasteiger partial charge < -0.3 is 15.2 Å². The van der Waals surface area contributed by atoms with Crippen LogP contribution in [0.5, 0.6) is 0 Å². The second-order valence-electron chi connectivity index (χ2n) is 5.10. The lowest BCUT2D eigenvalue weighted by molar-refractivity contribution is -0.145. The van der Waals surface area contributed by atoms with Gasteiger partial charge in [-0.2, -0.15) is 0 Å².